The maximum Gasteiger partial charge on any atom is 0.140 e. The quantitative estimate of drug-likeness (QED) is 0.864. The van der Waals surface area contributed by atoms with Crippen molar-refractivity contribution in [2.75, 3.05) is 6.61 Å². The molecule has 18 heavy (non-hydrogen) atoms. The van der Waals surface area contributed by atoms with Crippen LogP contribution in [-0.2, 0) is 4.74 Å². The smallest absolute Gasteiger partial charge is 0.140 e. The van der Waals surface area contributed by atoms with Gasteiger partial charge in [0, 0.05) is 11.6 Å². The van der Waals surface area contributed by atoms with E-state index in [4.69, 9.17) is 33.0 Å². The van der Waals surface area contributed by atoms with Gasteiger partial charge in [0.05, 0.1) is 18.2 Å². The van der Waals surface area contributed by atoms with Gasteiger partial charge >= 0.3 is 0 Å². The van der Waals surface area contributed by atoms with Crippen LogP contribution in [0, 0.1) is 0 Å². The van der Waals surface area contributed by atoms with E-state index in [0.717, 1.165) is 23.7 Å². The van der Waals surface area contributed by atoms with Crippen LogP contribution in [0.2, 0.25) is 10.3 Å². The molecule has 0 aromatic carbocycles. The van der Waals surface area contributed by atoms with Crippen LogP contribution in [0.4, 0.5) is 0 Å². The Labute approximate surface area is 114 Å². The maximum absolute atomic E-state index is 9.10. The third kappa shape index (κ3) is 1.99. The van der Waals surface area contributed by atoms with Crippen LogP contribution in [0.25, 0.3) is 10.9 Å². The van der Waals surface area contributed by atoms with Crippen LogP contribution in [0.5, 0.6) is 0 Å². The Morgan fingerprint density at radius 1 is 1.44 bits per heavy atom. The van der Waals surface area contributed by atoms with Gasteiger partial charge in [-0.3, -0.25) is 0 Å². The van der Waals surface area contributed by atoms with Crippen molar-refractivity contribution in [1.29, 1.82) is 0 Å². The Hall–Kier alpha value is -0.810. The summed E-state index contributed by atoms with van der Waals surface area (Å²) in [5.74, 6) is 0. The van der Waals surface area contributed by atoms with Crippen molar-refractivity contribution in [3.8, 4) is 0 Å². The van der Waals surface area contributed by atoms with E-state index < -0.39 is 0 Å². The van der Waals surface area contributed by atoms with Crippen molar-refractivity contribution in [1.82, 2.24) is 9.55 Å². The van der Waals surface area contributed by atoms with E-state index in [2.05, 4.69) is 4.98 Å². The largest absolute Gasteiger partial charge is 0.394 e. The second-order valence-corrected chi connectivity index (χ2v) is 5.11. The number of hydrogen-bond acceptors (Lipinski definition) is 3. The fourth-order valence-electron chi connectivity index (χ4n) is 2.36. The first-order valence-corrected chi connectivity index (χ1v) is 6.53. The summed E-state index contributed by atoms with van der Waals surface area (Å²) in [4.78, 5) is 4.01. The minimum Gasteiger partial charge on any atom is -0.394 e. The molecule has 3 rings (SSSR count). The summed E-state index contributed by atoms with van der Waals surface area (Å²) in [5.41, 5.74) is 0.906. The maximum atomic E-state index is 9.10. The Morgan fingerprint density at radius 3 is 3.00 bits per heavy atom. The molecule has 1 aliphatic heterocycles. The van der Waals surface area contributed by atoms with Crippen molar-refractivity contribution >= 4 is 34.1 Å². The molecular weight excluding hydrogens is 275 g/mol. The van der Waals surface area contributed by atoms with Crippen LogP contribution in [0.3, 0.4) is 0 Å². The molecule has 1 aliphatic rings. The molecule has 2 atom stereocenters. The monoisotopic (exact) mass is 286 g/mol. The lowest BCUT2D eigenvalue weighted by atomic mass is 10.2. The predicted molar refractivity (Wildman–Crippen MR) is 70.0 cm³/mol. The second kappa shape index (κ2) is 4.70. The van der Waals surface area contributed by atoms with Crippen molar-refractivity contribution in [2.45, 2.75) is 25.2 Å². The number of aliphatic hydroxyl groups excluding tert-OH is 1. The van der Waals surface area contributed by atoms with Gasteiger partial charge in [-0.2, -0.15) is 0 Å². The number of halogens is 2. The van der Waals surface area contributed by atoms with E-state index in [1.165, 1.54) is 0 Å². The molecule has 3 heterocycles. The molecule has 0 bridgehead atoms. The van der Waals surface area contributed by atoms with Crippen LogP contribution >= 0.6 is 23.2 Å². The van der Waals surface area contributed by atoms with Crippen LogP contribution in [-0.4, -0.2) is 27.4 Å². The third-order valence-electron chi connectivity index (χ3n) is 3.24. The fourth-order valence-corrected chi connectivity index (χ4v) is 2.84. The summed E-state index contributed by atoms with van der Waals surface area (Å²) in [7, 11) is 0. The van der Waals surface area contributed by atoms with Gasteiger partial charge in [-0.15, -0.1) is 0 Å². The van der Waals surface area contributed by atoms with Crippen molar-refractivity contribution in [2.24, 2.45) is 0 Å². The van der Waals surface area contributed by atoms with Crippen LogP contribution in [0.1, 0.15) is 19.1 Å². The number of pyridine rings is 1. The van der Waals surface area contributed by atoms with Gasteiger partial charge in [-0.05, 0) is 25.0 Å². The number of rotatable bonds is 2. The van der Waals surface area contributed by atoms with Gasteiger partial charge in [0.15, 0.2) is 0 Å². The van der Waals surface area contributed by atoms with Gasteiger partial charge in [0.2, 0.25) is 0 Å². The lowest BCUT2D eigenvalue weighted by Gasteiger charge is -2.15. The molecule has 1 saturated heterocycles. The molecule has 1 N–H and O–H groups in total. The van der Waals surface area contributed by atoms with E-state index in [9.17, 15) is 0 Å². The lowest BCUT2D eigenvalue weighted by Crippen LogP contribution is -2.13. The van der Waals surface area contributed by atoms with E-state index in [-0.39, 0.29) is 18.9 Å². The molecule has 0 spiro atoms. The highest BCUT2D eigenvalue weighted by atomic mass is 35.5. The summed E-state index contributed by atoms with van der Waals surface area (Å²) < 4.78 is 7.74. The molecule has 96 valence electrons. The number of nitrogens with zero attached hydrogens (tertiary/aromatic N) is 2. The number of aromatic nitrogens is 2. The Balaban J connectivity index is 2.03. The average Bonchev–Trinajstić information content (AvgIpc) is 2.93. The molecule has 2 aromatic rings. The van der Waals surface area contributed by atoms with Gasteiger partial charge in [0.1, 0.15) is 16.5 Å². The first-order chi connectivity index (χ1) is 8.69. The summed E-state index contributed by atoms with van der Waals surface area (Å²) in [6, 6.07) is 3.68. The zero-order chi connectivity index (χ0) is 12.7. The molecule has 4 nitrogen and oxygen atoms in total. The molecule has 0 aliphatic carbocycles. The first kappa shape index (κ1) is 12.2. The molecular formula is C12H12Cl2N2O2. The highest BCUT2D eigenvalue weighted by Gasteiger charge is 2.26. The Bertz CT molecular complexity index is 585. The first-order valence-electron chi connectivity index (χ1n) is 5.78. The van der Waals surface area contributed by atoms with Crippen molar-refractivity contribution in [3.63, 3.8) is 0 Å². The average molecular weight is 287 g/mol. The summed E-state index contributed by atoms with van der Waals surface area (Å²) in [6.45, 7) is 0.0543. The zero-order valence-corrected chi connectivity index (χ0v) is 11.0. The number of fused-ring (bicyclic) bond motifs is 1. The van der Waals surface area contributed by atoms with E-state index in [1.54, 1.807) is 6.07 Å². The third-order valence-corrected chi connectivity index (χ3v) is 3.72. The fraction of sp³-hybridized carbons (Fsp3) is 0.417. The summed E-state index contributed by atoms with van der Waals surface area (Å²) >= 11 is 12.0. The van der Waals surface area contributed by atoms with Gasteiger partial charge in [-0.1, -0.05) is 23.2 Å². The van der Waals surface area contributed by atoms with Gasteiger partial charge < -0.3 is 14.4 Å². The molecule has 0 amide bonds. The molecule has 0 unspecified atom stereocenters. The standard InChI is InChI=1S/C12H12Cl2N2O2/c13-10-5-9-8(12(14)15-10)3-4-16(9)11-2-1-7(6-17)18-11/h3-5,7,11,17H,1-2,6H2/t7-,11+/m0/s1. The van der Waals surface area contributed by atoms with Gasteiger partial charge in [0.25, 0.3) is 0 Å². The second-order valence-electron chi connectivity index (χ2n) is 4.36. The number of ether oxygens (including phenoxy) is 1. The molecule has 2 aromatic heterocycles. The molecule has 1 fully saturated rings. The molecule has 0 radical (unpaired) electrons. The Morgan fingerprint density at radius 2 is 2.28 bits per heavy atom. The predicted octanol–water partition coefficient (Wildman–Crippen LogP) is 3.01. The minimum atomic E-state index is -0.0831. The lowest BCUT2D eigenvalue weighted by molar-refractivity contribution is -0.0202. The summed E-state index contributed by atoms with van der Waals surface area (Å²) in [6.07, 6.45) is 3.48. The summed E-state index contributed by atoms with van der Waals surface area (Å²) in [5, 5.41) is 10.7. The zero-order valence-electron chi connectivity index (χ0n) is 9.51. The van der Waals surface area contributed by atoms with Crippen molar-refractivity contribution < 1.29 is 9.84 Å². The van der Waals surface area contributed by atoms with E-state index in [1.807, 2.05) is 16.8 Å². The van der Waals surface area contributed by atoms with E-state index >= 15 is 0 Å². The normalized spacial score (nSPS) is 23.9. The number of hydrogen-bond donors (Lipinski definition) is 1. The van der Waals surface area contributed by atoms with E-state index in [0.29, 0.717) is 10.3 Å². The van der Waals surface area contributed by atoms with Crippen LogP contribution < -0.4 is 0 Å². The Kier molecular flexibility index (Phi) is 3.20. The molecule has 0 saturated carbocycles. The van der Waals surface area contributed by atoms with Crippen molar-refractivity contribution in [3.05, 3.63) is 28.6 Å². The molecule has 6 heteroatoms. The highest BCUT2D eigenvalue weighted by Crippen LogP contribution is 2.33. The van der Waals surface area contributed by atoms with Crippen LogP contribution in [0.15, 0.2) is 18.3 Å². The SMILES string of the molecule is OC[C@@H]1CC[C@H](n2ccc3c(Cl)nc(Cl)cc32)O1. The number of aliphatic hydroxyl groups is 1. The highest BCUT2D eigenvalue weighted by molar-refractivity contribution is 6.36. The van der Waals surface area contributed by atoms with Gasteiger partial charge in [-0.25, -0.2) is 4.98 Å². The topological polar surface area (TPSA) is 47.3 Å². The minimum absolute atomic E-state index is 0.0543.